The Balaban J connectivity index is 3.59. The van der Waals surface area contributed by atoms with Gasteiger partial charge < -0.3 is 10.6 Å². The van der Waals surface area contributed by atoms with Gasteiger partial charge in [-0.25, -0.2) is 0 Å². The molecular weight excluding hydrogens is 160 g/mol. The maximum absolute atomic E-state index is 3.59. The van der Waals surface area contributed by atoms with Crippen LogP contribution in [-0.4, -0.2) is 25.2 Å². The van der Waals surface area contributed by atoms with Gasteiger partial charge in [-0.1, -0.05) is 27.7 Å². The van der Waals surface area contributed by atoms with Gasteiger partial charge in [0.25, 0.3) is 0 Å². The second kappa shape index (κ2) is 7.34. The Morgan fingerprint density at radius 3 is 2.00 bits per heavy atom. The van der Waals surface area contributed by atoms with Crippen molar-refractivity contribution in [2.45, 2.75) is 53.1 Å². The SMILES string of the molecule is CCNC(C)CNC(CC)C(C)C. The zero-order valence-corrected chi connectivity index (χ0v) is 9.85. The van der Waals surface area contributed by atoms with Crippen molar-refractivity contribution in [3.8, 4) is 0 Å². The van der Waals surface area contributed by atoms with E-state index in [1.165, 1.54) is 6.42 Å². The van der Waals surface area contributed by atoms with E-state index in [1.54, 1.807) is 0 Å². The van der Waals surface area contributed by atoms with Gasteiger partial charge in [-0.15, -0.1) is 0 Å². The van der Waals surface area contributed by atoms with Crippen molar-refractivity contribution in [2.24, 2.45) is 5.92 Å². The minimum absolute atomic E-state index is 0.581. The first-order valence-corrected chi connectivity index (χ1v) is 5.58. The van der Waals surface area contributed by atoms with Crippen LogP contribution in [0.25, 0.3) is 0 Å². The van der Waals surface area contributed by atoms with Crippen molar-refractivity contribution in [1.82, 2.24) is 10.6 Å². The highest BCUT2D eigenvalue weighted by Gasteiger charge is 2.10. The van der Waals surface area contributed by atoms with Crippen molar-refractivity contribution >= 4 is 0 Å². The first-order chi connectivity index (χ1) is 6.11. The Kier molecular flexibility index (Phi) is 7.29. The normalized spacial score (nSPS) is 16.2. The minimum atomic E-state index is 0.581. The maximum Gasteiger partial charge on any atom is 0.0164 e. The first-order valence-electron chi connectivity index (χ1n) is 5.58. The van der Waals surface area contributed by atoms with Gasteiger partial charge in [0.2, 0.25) is 0 Å². The van der Waals surface area contributed by atoms with Crippen LogP contribution in [0.4, 0.5) is 0 Å². The average Bonchev–Trinajstić information content (AvgIpc) is 2.05. The van der Waals surface area contributed by atoms with E-state index in [0.717, 1.165) is 19.0 Å². The zero-order valence-electron chi connectivity index (χ0n) is 9.85. The predicted octanol–water partition coefficient (Wildman–Crippen LogP) is 2.01. The number of rotatable bonds is 7. The highest BCUT2D eigenvalue weighted by Crippen LogP contribution is 2.04. The lowest BCUT2D eigenvalue weighted by Gasteiger charge is -2.23. The molecule has 0 aromatic rings. The van der Waals surface area contributed by atoms with Gasteiger partial charge in [0.15, 0.2) is 0 Å². The van der Waals surface area contributed by atoms with Gasteiger partial charge in [0.05, 0.1) is 0 Å². The Hall–Kier alpha value is -0.0800. The average molecular weight is 186 g/mol. The molecule has 80 valence electrons. The van der Waals surface area contributed by atoms with Gasteiger partial charge in [-0.2, -0.15) is 0 Å². The number of likely N-dealkylation sites (N-methyl/N-ethyl adjacent to an activating group) is 1. The van der Waals surface area contributed by atoms with Gasteiger partial charge in [0.1, 0.15) is 0 Å². The van der Waals surface area contributed by atoms with Crippen molar-refractivity contribution in [3.05, 3.63) is 0 Å². The Bertz CT molecular complexity index is 113. The summed E-state index contributed by atoms with van der Waals surface area (Å²) in [5.41, 5.74) is 0. The molecule has 0 heterocycles. The molecule has 2 N–H and O–H groups in total. The van der Waals surface area contributed by atoms with Crippen molar-refractivity contribution in [3.63, 3.8) is 0 Å². The molecule has 2 unspecified atom stereocenters. The third kappa shape index (κ3) is 6.05. The fourth-order valence-corrected chi connectivity index (χ4v) is 1.60. The number of hydrogen-bond acceptors (Lipinski definition) is 2. The van der Waals surface area contributed by atoms with Crippen LogP contribution >= 0.6 is 0 Å². The van der Waals surface area contributed by atoms with E-state index in [2.05, 4.69) is 45.3 Å². The molecule has 0 spiro atoms. The van der Waals surface area contributed by atoms with Gasteiger partial charge in [-0.05, 0) is 25.8 Å². The fourth-order valence-electron chi connectivity index (χ4n) is 1.60. The van der Waals surface area contributed by atoms with Crippen LogP contribution in [0, 0.1) is 5.92 Å². The molecule has 0 saturated carbocycles. The molecule has 2 nitrogen and oxygen atoms in total. The largest absolute Gasteiger partial charge is 0.313 e. The van der Waals surface area contributed by atoms with Gasteiger partial charge >= 0.3 is 0 Å². The third-order valence-electron chi connectivity index (χ3n) is 2.48. The van der Waals surface area contributed by atoms with E-state index in [-0.39, 0.29) is 0 Å². The summed E-state index contributed by atoms with van der Waals surface area (Å²) in [5.74, 6) is 0.735. The lowest BCUT2D eigenvalue weighted by Crippen LogP contribution is -2.42. The summed E-state index contributed by atoms with van der Waals surface area (Å²) in [5, 5.41) is 6.99. The van der Waals surface area contributed by atoms with E-state index >= 15 is 0 Å². The van der Waals surface area contributed by atoms with E-state index in [9.17, 15) is 0 Å². The molecule has 0 aliphatic rings. The standard InChI is InChI=1S/C11H26N2/c1-6-11(9(3)4)13-8-10(5)12-7-2/h9-13H,6-8H2,1-5H3. The molecule has 0 aromatic carbocycles. The summed E-state index contributed by atoms with van der Waals surface area (Å²) in [6.07, 6.45) is 1.22. The Morgan fingerprint density at radius 2 is 1.62 bits per heavy atom. The van der Waals surface area contributed by atoms with Crippen molar-refractivity contribution < 1.29 is 0 Å². The van der Waals surface area contributed by atoms with E-state index < -0.39 is 0 Å². The molecule has 0 bridgehead atoms. The molecule has 0 aliphatic carbocycles. The van der Waals surface area contributed by atoms with Crippen LogP contribution in [0.2, 0.25) is 0 Å². The molecular formula is C11H26N2. The smallest absolute Gasteiger partial charge is 0.0164 e. The molecule has 2 atom stereocenters. The topological polar surface area (TPSA) is 24.1 Å². The predicted molar refractivity (Wildman–Crippen MR) is 60.1 cm³/mol. The van der Waals surface area contributed by atoms with Crippen molar-refractivity contribution in [1.29, 1.82) is 0 Å². The van der Waals surface area contributed by atoms with Gasteiger partial charge in [0, 0.05) is 18.6 Å². The quantitative estimate of drug-likeness (QED) is 0.635. The number of hydrogen-bond donors (Lipinski definition) is 2. The lowest BCUT2D eigenvalue weighted by molar-refractivity contribution is 0.368. The first kappa shape index (κ1) is 12.9. The molecule has 0 amide bonds. The van der Waals surface area contributed by atoms with Crippen LogP contribution in [0.1, 0.15) is 41.0 Å². The number of nitrogens with one attached hydrogen (secondary N) is 2. The maximum atomic E-state index is 3.59. The summed E-state index contributed by atoms with van der Waals surface area (Å²) >= 11 is 0. The van der Waals surface area contributed by atoms with E-state index in [0.29, 0.717) is 12.1 Å². The monoisotopic (exact) mass is 186 g/mol. The summed E-state index contributed by atoms with van der Waals surface area (Å²) in [6.45, 7) is 13.3. The molecule has 0 fully saturated rings. The van der Waals surface area contributed by atoms with Crippen LogP contribution in [0.15, 0.2) is 0 Å². The summed E-state index contributed by atoms with van der Waals surface area (Å²) in [7, 11) is 0. The molecule has 13 heavy (non-hydrogen) atoms. The molecule has 0 rings (SSSR count). The Labute approximate surface area is 83.5 Å². The second-order valence-electron chi connectivity index (χ2n) is 4.13. The lowest BCUT2D eigenvalue weighted by atomic mass is 10.0. The molecule has 2 heteroatoms. The summed E-state index contributed by atoms with van der Waals surface area (Å²) in [6, 6.07) is 1.25. The summed E-state index contributed by atoms with van der Waals surface area (Å²) in [4.78, 5) is 0. The molecule has 0 saturated heterocycles. The van der Waals surface area contributed by atoms with Crippen LogP contribution < -0.4 is 10.6 Å². The van der Waals surface area contributed by atoms with Crippen LogP contribution in [-0.2, 0) is 0 Å². The zero-order chi connectivity index (χ0) is 10.3. The van der Waals surface area contributed by atoms with E-state index in [1.807, 2.05) is 0 Å². The van der Waals surface area contributed by atoms with Crippen LogP contribution in [0.5, 0.6) is 0 Å². The molecule has 0 aliphatic heterocycles. The fraction of sp³-hybridized carbons (Fsp3) is 1.00. The Morgan fingerprint density at radius 1 is 1.00 bits per heavy atom. The minimum Gasteiger partial charge on any atom is -0.313 e. The summed E-state index contributed by atoms with van der Waals surface area (Å²) < 4.78 is 0. The third-order valence-corrected chi connectivity index (χ3v) is 2.48. The highest BCUT2D eigenvalue weighted by atomic mass is 15.0. The molecule has 0 aromatic heterocycles. The van der Waals surface area contributed by atoms with Gasteiger partial charge in [-0.3, -0.25) is 0 Å². The van der Waals surface area contributed by atoms with E-state index in [4.69, 9.17) is 0 Å². The molecule has 0 radical (unpaired) electrons. The van der Waals surface area contributed by atoms with Crippen molar-refractivity contribution in [2.75, 3.05) is 13.1 Å². The highest BCUT2D eigenvalue weighted by molar-refractivity contribution is 4.72. The van der Waals surface area contributed by atoms with Crippen LogP contribution in [0.3, 0.4) is 0 Å². The second-order valence-corrected chi connectivity index (χ2v) is 4.13.